The molecule has 2 amide bonds. The van der Waals surface area contributed by atoms with Crippen molar-refractivity contribution in [1.29, 1.82) is 0 Å². The molecule has 1 aromatic rings. The summed E-state index contributed by atoms with van der Waals surface area (Å²) in [5.74, 6) is 1.16. The van der Waals surface area contributed by atoms with Gasteiger partial charge in [0.1, 0.15) is 0 Å². The normalized spacial score (nSPS) is 17.5. The van der Waals surface area contributed by atoms with Crippen molar-refractivity contribution in [2.75, 3.05) is 26.2 Å². The summed E-state index contributed by atoms with van der Waals surface area (Å²) in [6.45, 7) is 10.2. The van der Waals surface area contributed by atoms with Crippen LogP contribution in [0.5, 0.6) is 0 Å². The molecule has 2 N–H and O–H groups in total. The summed E-state index contributed by atoms with van der Waals surface area (Å²) in [6, 6.07) is 7.54. The molecule has 27 heavy (non-hydrogen) atoms. The van der Waals surface area contributed by atoms with E-state index >= 15 is 0 Å². The van der Waals surface area contributed by atoms with Crippen LogP contribution in [0.25, 0.3) is 0 Å². The van der Waals surface area contributed by atoms with Crippen LogP contribution in [0.2, 0.25) is 0 Å². The van der Waals surface area contributed by atoms with Gasteiger partial charge in [0.2, 0.25) is 5.91 Å². The zero-order chi connectivity index (χ0) is 18.9. The molecule has 5 nitrogen and oxygen atoms in total. The Morgan fingerprint density at radius 3 is 2.44 bits per heavy atom. The Kier molecular flexibility index (Phi) is 10.4. The van der Waals surface area contributed by atoms with Gasteiger partial charge in [-0.25, -0.2) is 0 Å². The Labute approximate surface area is 169 Å². The van der Waals surface area contributed by atoms with Crippen molar-refractivity contribution in [1.82, 2.24) is 15.5 Å². The minimum Gasteiger partial charge on any atom is -0.352 e. The van der Waals surface area contributed by atoms with Crippen LogP contribution in [0, 0.1) is 11.8 Å². The molecule has 0 saturated carbocycles. The Balaban J connectivity index is 0.00000364. The first-order chi connectivity index (χ1) is 12.5. The lowest BCUT2D eigenvalue weighted by atomic mass is 9.85. The number of nitrogens with one attached hydrogen (secondary N) is 2. The lowest BCUT2D eigenvalue weighted by Gasteiger charge is -2.28. The highest BCUT2D eigenvalue weighted by molar-refractivity contribution is 5.94. The second-order valence-corrected chi connectivity index (χ2v) is 7.24. The van der Waals surface area contributed by atoms with E-state index in [0.29, 0.717) is 43.5 Å². The minimum absolute atomic E-state index is 0. The predicted molar refractivity (Wildman–Crippen MR) is 112 cm³/mol. The number of carbonyl (C=O) groups excluding carboxylic acids is 2. The summed E-state index contributed by atoms with van der Waals surface area (Å²) in [4.78, 5) is 26.3. The maximum absolute atomic E-state index is 12.3. The molecule has 2 unspecified atom stereocenters. The molecule has 1 aliphatic heterocycles. The molecular weight excluding hydrogens is 362 g/mol. The largest absolute Gasteiger partial charge is 0.352 e. The molecule has 6 heteroatoms. The number of hydrogen-bond acceptors (Lipinski definition) is 3. The van der Waals surface area contributed by atoms with Crippen LogP contribution >= 0.6 is 12.4 Å². The number of nitrogens with zero attached hydrogens (tertiary/aromatic N) is 1. The summed E-state index contributed by atoms with van der Waals surface area (Å²) < 4.78 is 0. The SMILES string of the molecule is CCN(CC)C(=O)c1ccc(CNC(=O)CC(C)C2CCCNC2)cc1.Cl. The standard InChI is InChI=1S/C21H33N3O2.ClH/c1-4-24(5-2)21(26)18-10-8-17(9-11-18)14-23-20(25)13-16(3)19-7-6-12-22-15-19;/h8-11,16,19,22H,4-7,12-15H2,1-3H3,(H,23,25);1H. The number of rotatable bonds is 8. The monoisotopic (exact) mass is 395 g/mol. The van der Waals surface area contributed by atoms with E-state index in [-0.39, 0.29) is 24.2 Å². The second kappa shape index (κ2) is 12.0. The van der Waals surface area contributed by atoms with E-state index in [9.17, 15) is 9.59 Å². The Morgan fingerprint density at radius 1 is 1.22 bits per heavy atom. The Bertz CT molecular complexity index is 582. The topological polar surface area (TPSA) is 61.4 Å². The van der Waals surface area contributed by atoms with Gasteiger partial charge in [0, 0.05) is 31.6 Å². The molecule has 0 aromatic heterocycles. The molecule has 0 radical (unpaired) electrons. The molecule has 1 fully saturated rings. The molecule has 1 aromatic carbocycles. The van der Waals surface area contributed by atoms with Gasteiger partial charge in [-0.2, -0.15) is 0 Å². The first-order valence-corrected chi connectivity index (χ1v) is 9.90. The summed E-state index contributed by atoms with van der Waals surface area (Å²) in [5.41, 5.74) is 1.71. The number of hydrogen-bond donors (Lipinski definition) is 2. The van der Waals surface area contributed by atoms with Crippen molar-refractivity contribution in [2.24, 2.45) is 11.8 Å². The predicted octanol–water partition coefficient (Wildman–Crippen LogP) is 3.23. The summed E-state index contributed by atoms with van der Waals surface area (Å²) >= 11 is 0. The van der Waals surface area contributed by atoms with Crippen LogP contribution in [0.4, 0.5) is 0 Å². The summed E-state index contributed by atoms with van der Waals surface area (Å²) in [5, 5.41) is 6.42. The van der Waals surface area contributed by atoms with Crippen molar-refractivity contribution in [3.8, 4) is 0 Å². The van der Waals surface area contributed by atoms with Crippen LogP contribution in [0.3, 0.4) is 0 Å². The van der Waals surface area contributed by atoms with E-state index < -0.39 is 0 Å². The van der Waals surface area contributed by atoms with Gasteiger partial charge in [-0.05, 0) is 69.3 Å². The highest BCUT2D eigenvalue weighted by Gasteiger charge is 2.21. The van der Waals surface area contributed by atoms with E-state index in [1.54, 1.807) is 4.90 Å². The second-order valence-electron chi connectivity index (χ2n) is 7.24. The number of halogens is 1. The third-order valence-electron chi connectivity index (χ3n) is 5.39. The van der Waals surface area contributed by atoms with E-state index in [1.165, 1.54) is 12.8 Å². The van der Waals surface area contributed by atoms with Gasteiger partial charge >= 0.3 is 0 Å². The first-order valence-electron chi connectivity index (χ1n) is 9.90. The van der Waals surface area contributed by atoms with Crippen molar-refractivity contribution in [2.45, 2.75) is 46.6 Å². The van der Waals surface area contributed by atoms with Crippen LogP contribution in [0.15, 0.2) is 24.3 Å². The number of amides is 2. The highest BCUT2D eigenvalue weighted by Crippen LogP contribution is 2.22. The van der Waals surface area contributed by atoms with Gasteiger partial charge in [0.25, 0.3) is 5.91 Å². The molecule has 1 heterocycles. The van der Waals surface area contributed by atoms with E-state index in [1.807, 2.05) is 38.1 Å². The molecule has 2 atom stereocenters. The van der Waals surface area contributed by atoms with Crippen molar-refractivity contribution in [3.63, 3.8) is 0 Å². The quantitative estimate of drug-likeness (QED) is 0.710. The van der Waals surface area contributed by atoms with Crippen molar-refractivity contribution in [3.05, 3.63) is 35.4 Å². The Hall–Kier alpha value is -1.59. The van der Waals surface area contributed by atoms with Gasteiger partial charge in [-0.15, -0.1) is 12.4 Å². The molecule has 0 bridgehead atoms. The van der Waals surface area contributed by atoms with Crippen LogP contribution in [-0.4, -0.2) is 42.9 Å². The van der Waals surface area contributed by atoms with Crippen LogP contribution in [0.1, 0.15) is 56.0 Å². The average Bonchev–Trinajstić information content (AvgIpc) is 2.68. The number of piperidine rings is 1. The Morgan fingerprint density at radius 2 is 1.89 bits per heavy atom. The molecule has 2 rings (SSSR count). The fraction of sp³-hybridized carbons (Fsp3) is 0.619. The van der Waals surface area contributed by atoms with E-state index in [0.717, 1.165) is 18.7 Å². The lowest BCUT2D eigenvalue weighted by Crippen LogP contribution is -2.35. The lowest BCUT2D eigenvalue weighted by molar-refractivity contribution is -0.122. The molecule has 1 aliphatic rings. The molecular formula is C21H34ClN3O2. The van der Waals surface area contributed by atoms with Gasteiger partial charge in [0.15, 0.2) is 0 Å². The zero-order valence-corrected chi connectivity index (χ0v) is 17.6. The molecule has 152 valence electrons. The van der Waals surface area contributed by atoms with Crippen LogP contribution < -0.4 is 10.6 Å². The maximum atomic E-state index is 12.3. The van der Waals surface area contributed by atoms with Crippen LogP contribution in [-0.2, 0) is 11.3 Å². The van der Waals surface area contributed by atoms with Crippen molar-refractivity contribution >= 4 is 24.2 Å². The van der Waals surface area contributed by atoms with Gasteiger partial charge in [0.05, 0.1) is 0 Å². The van der Waals surface area contributed by atoms with Crippen molar-refractivity contribution < 1.29 is 9.59 Å². The average molecular weight is 396 g/mol. The fourth-order valence-electron chi connectivity index (χ4n) is 3.55. The maximum Gasteiger partial charge on any atom is 0.253 e. The van der Waals surface area contributed by atoms with Gasteiger partial charge in [-0.1, -0.05) is 19.1 Å². The summed E-state index contributed by atoms with van der Waals surface area (Å²) in [7, 11) is 0. The molecule has 0 spiro atoms. The highest BCUT2D eigenvalue weighted by atomic mass is 35.5. The summed E-state index contributed by atoms with van der Waals surface area (Å²) in [6.07, 6.45) is 2.99. The van der Waals surface area contributed by atoms with Gasteiger partial charge < -0.3 is 15.5 Å². The third kappa shape index (κ3) is 7.15. The fourth-order valence-corrected chi connectivity index (χ4v) is 3.55. The smallest absolute Gasteiger partial charge is 0.253 e. The van der Waals surface area contributed by atoms with E-state index in [4.69, 9.17) is 0 Å². The first kappa shape index (κ1) is 23.4. The number of benzene rings is 1. The zero-order valence-electron chi connectivity index (χ0n) is 16.8. The molecule has 0 aliphatic carbocycles. The van der Waals surface area contributed by atoms with Gasteiger partial charge in [-0.3, -0.25) is 9.59 Å². The number of carbonyl (C=O) groups is 2. The minimum atomic E-state index is 0. The third-order valence-corrected chi connectivity index (χ3v) is 5.39. The molecule has 1 saturated heterocycles. The van der Waals surface area contributed by atoms with E-state index in [2.05, 4.69) is 17.6 Å².